The molecule has 0 aliphatic carbocycles. The van der Waals surface area contributed by atoms with Crippen LogP contribution < -0.4 is 0 Å². The Balaban J connectivity index is 3.51. The number of esters is 1. The van der Waals surface area contributed by atoms with Crippen LogP contribution in [-0.4, -0.2) is 37.0 Å². The zero-order valence-corrected chi connectivity index (χ0v) is 34.8. The SMILES string of the molecule is CC/C=C\C/C=C\C/C=C\C/C=C\CCCCCCCCC(=O)OC(CO)COCCCCCCCCC/C=C\C/C=C\C/C=C\CCCCCCC. The molecule has 4 heteroatoms. The summed E-state index contributed by atoms with van der Waals surface area (Å²) >= 11 is 0. The maximum atomic E-state index is 12.2. The van der Waals surface area contributed by atoms with Gasteiger partial charge in [0.05, 0.1) is 13.2 Å². The van der Waals surface area contributed by atoms with Crippen LogP contribution in [0.4, 0.5) is 0 Å². The Morgan fingerprint density at radius 3 is 1.28 bits per heavy atom. The van der Waals surface area contributed by atoms with Gasteiger partial charge in [0.2, 0.25) is 0 Å². The second-order valence-electron chi connectivity index (χ2n) is 14.4. The van der Waals surface area contributed by atoms with Gasteiger partial charge in [-0.2, -0.15) is 0 Å². The monoisotopic (exact) mass is 737 g/mol. The summed E-state index contributed by atoms with van der Waals surface area (Å²) in [6.07, 6.45) is 63.6. The number of carbonyl (C=O) groups excluding carboxylic acids is 1. The maximum Gasteiger partial charge on any atom is 0.306 e. The summed E-state index contributed by atoms with van der Waals surface area (Å²) in [4.78, 5) is 12.2. The Bertz CT molecular complexity index is 954. The molecule has 53 heavy (non-hydrogen) atoms. The minimum absolute atomic E-state index is 0.187. The van der Waals surface area contributed by atoms with E-state index < -0.39 is 6.10 Å². The standard InChI is InChI=1S/C49H84O4/c1-3-5-7-9-11-13-15-17-19-21-23-24-25-27-29-31-33-35-37-39-41-43-45-52-47-48(46-50)53-49(51)44-42-40-38-36-34-32-30-28-26-22-20-18-16-14-12-10-8-6-4-2/h6,8,12,14-15,17-18,20-21,23,25-28,48,50H,3-5,7,9-11,13,16,19,22,24,29-47H2,1-2H3/b8-6-,14-12-,17-15-,20-18-,23-21-,27-25-,28-26-. The van der Waals surface area contributed by atoms with Crippen LogP contribution in [0.15, 0.2) is 85.1 Å². The zero-order chi connectivity index (χ0) is 38.4. The Hall–Kier alpha value is -2.43. The van der Waals surface area contributed by atoms with Gasteiger partial charge < -0.3 is 14.6 Å². The van der Waals surface area contributed by atoms with E-state index in [-0.39, 0.29) is 19.2 Å². The van der Waals surface area contributed by atoms with Crippen LogP contribution >= 0.6 is 0 Å². The number of rotatable bonds is 40. The summed E-state index contributed by atoms with van der Waals surface area (Å²) < 4.78 is 11.2. The Morgan fingerprint density at radius 1 is 0.472 bits per heavy atom. The highest BCUT2D eigenvalue weighted by Crippen LogP contribution is 2.12. The van der Waals surface area contributed by atoms with E-state index in [4.69, 9.17) is 9.47 Å². The molecule has 1 atom stereocenters. The third kappa shape index (κ3) is 43.9. The van der Waals surface area contributed by atoms with E-state index >= 15 is 0 Å². The molecule has 0 aromatic rings. The number of hydrogen-bond acceptors (Lipinski definition) is 4. The van der Waals surface area contributed by atoms with Crippen LogP contribution in [0.2, 0.25) is 0 Å². The molecule has 1 N–H and O–H groups in total. The molecular weight excluding hydrogens is 653 g/mol. The van der Waals surface area contributed by atoms with Crippen molar-refractivity contribution in [2.75, 3.05) is 19.8 Å². The lowest BCUT2D eigenvalue weighted by Gasteiger charge is -2.15. The number of carbonyl (C=O) groups is 1. The van der Waals surface area contributed by atoms with Crippen LogP contribution in [-0.2, 0) is 14.3 Å². The second kappa shape index (κ2) is 45.7. The Labute approximate surface area is 329 Å². The molecule has 0 aromatic carbocycles. The molecule has 0 heterocycles. The Kier molecular flexibility index (Phi) is 43.6. The topological polar surface area (TPSA) is 55.8 Å². The molecule has 0 aliphatic rings. The molecule has 0 saturated carbocycles. The van der Waals surface area contributed by atoms with Gasteiger partial charge in [0.25, 0.3) is 0 Å². The zero-order valence-electron chi connectivity index (χ0n) is 34.8. The molecule has 0 aromatic heterocycles. The van der Waals surface area contributed by atoms with E-state index in [1.807, 2.05) is 0 Å². The normalized spacial score (nSPS) is 13.2. The summed E-state index contributed by atoms with van der Waals surface area (Å²) in [5.41, 5.74) is 0. The van der Waals surface area contributed by atoms with Crippen LogP contribution in [0.1, 0.15) is 194 Å². The predicted octanol–water partition coefficient (Wildman–Crippen LogP) is 14.8. The highest BCUT2D eigenvalue weighted by molar-refractivity contribution is 5.69. The predicted molar refractivity (Wildman–Crippen MR) is 232 cm³/mol. The van der Waals surface area contributed by atoms with Crippen molar-refractivity contribution in [1.29, 1.82) is 0 Å². The summed E-state index contributed by atoms with van der Waals surface area (Å²) in [5, 5.41) is 9.61. The molecule has 0 fully saturated rings. The van der Waals surface area contributed by atoms with Crippen LogP contribution in [0.3, 0.4) is 0 Å². The van der Waals surface area contributed by atoms with Gasteiger partial charge in [0.15, 0.2) is 0 Å². The van der Waals surface area contributed by atoms with E-state index in [0.717, 1.165) is 77.0 Å². The number of aliphatic hydroxyl groups is 1. The van der Waals surface area contributed by atoms with E-state index in [9.17, 15) is 9.90 Å². The minimum atomic E-state index is -0.553. The number of hydrogen-bond donors (Lipinski definition) is 1. The molecule has 304 valence electrons. The van der Waals surface area contributed by atoms with Crippen molar-refractivity contribution in [3.8, 4) is 0 Å². The third-order valence-corrected chi connectivity index (χ3v) is 9.20. The van der Waals surface area contributed by atoms with E-state index in [2.05, 4.69) is 98.9 Å². The molecular formula is C49H84O4. The fourth-order valence-corrected chi connectivity index (χ4v) is 5.91. The fraction of sp³-hybridized carbons (Fsp3) is 0.694. The molecule has 0 amide bonds. The van der Waals surface area contributed by atoms with E-state index in [1.165, 1.54) is 96.3 Å². The number of allylic oxidation sites excluding steroid dienone is 14. The molecule has 4 nitrogen and oxygen atoms in total. The smallest absolute Gasteiger partial charge is 0.306 e. The van der Waals surface area contributed by atoms with Crippen LogP contribution in [0.5, 0.6) is 0 Å². The quantitative estimate of drug-likeness (QED) is 0.0387. The van der Waals surface area contributed by atoms with Crippen LogP contribution in [0.25, 0.3) is 0 Å². The largest absolute Gasteiger partial charge is 0.457 e. The van der Waals surface area contributed by atoms with Gasteiger partial charge in [0.1, 0.15) is 6.10 Å². The summed E-state index contributed by atoms with van der Waals surface area (Å²) in [6, 6.07) is 0. The lowest BCUT2D eigenvalue weighted by atomic mass is 10.1. The van der Waals surface area contributed by atoms with E-state index in [0.29, 0.717) is 13.0 Å². The number of ether oxygens (including phenoxy) is 2. The van der Waals surface area contributed by atoms with Crippen molar-refractivity contribution in [2.24, 2.45) is 0 Å². The first-order chi connectivity index (χ1) is 26.2. The molecule has 0 saturated heterocycles. The summed E-state index contributed by atoms with van der Waals surface area (Å²) in [5.74, 6) is -0.221. The average molecular weight is 737 g/mol. The second-order valence-corrected chi connectivity index (χ2v) is 14.4. The molecule has 1 unspecified atom stereocenters. The van der Waals surface area contributed by atoms with Gasteiger partial charge in [-0.1, -0.05) is 182 Å². The van der Waals surface area contributed by atoms with Gasteiger partial charge in [0, 0.05) is 13.0 Å². The summed E-state index contributed by atoms with van der Waals surface area (Å²) in [6.45, 7) is 5.18. The van der Waals surface area contributed by atoms with Crippen LogP contribution in [0, 0.1) is 0 Å². The van der Waals surface area contributed by atoms with Gasteiger partial charge in [-0.15, -0.1) is 0 Å². The first-order valence-corrected chi connectivity index (χ1v) is 22.2. The fourth-order valence-electron chi connectivity index (χ4n) is 5.91. The van der Waals surface area contributed by atoms with Crippen molar-refractivity contribution < 1.29 is 19.4 Å². The number of unbranched alkanes of at least 4 members (excludes halogenated alkanes) is 18. The minimum Gasteiger partial charge on any atom is -0.457 e. The van der Waals surface area contributed by atoms with Crippen molar-refractivity contribution in [2.45, 2.75) is 200 Å². The lowest BCUT2D eigenvalue weighted by molar-refractivity contribution is -0.154. The molecule has 0 bridgehead atoms. The molecule has 0 radical (unpaired) electrons. The first kappa shape index (κ1) is 50.6. The average Bonchev–Trinajstić information content (AvgIpc) is 3.16. The van der Waals surface area contributed by atoms with Crippen molar-refractivity contribution >= 4 is 5.97 Å². The highest BCUT2D eigenvalue weighted by atomic mass is 16.6. The van der Waals surface area contributed by atoms with Gasteiger partial charge in [-0.3, -0.25) is 4.79 Å². The van der Waals surface area contributed by atoms with Gasteiger partial charge >= 0.3 is 5.97 Å². The highest BCUT2D eigenvalue weighted by Gasteiger charge is 2.13. The maximum absolute atomic E-state index is 12.2. The first-order valence-electron chi connectivity index (χ1n) is 22.2. The third-order valence-electron chi connectivity index (χ3n) is 9.20. The van der Waals surface area contributed by atoms with Crippen molar-refractivity contribution in [3.05, 3.63) is 85.1 Å². The Morgan fingerprint density at radius 2 is 0.849 bits per heavy atom. The molecule has 0 spiro atoms. The molecule has 0 aliphatic heterocycles. The lowest BCUT2D eigenvalue weighted by Crippen LogP contribution is -2.27. The van der Waals surface area contributed by atoms with Gasteiger partial charge in [-0.05, 0) is 89.9 Å². The van der Waals surface area contributed by atoms with Crippen molar-refractivity contribution in [1.82, 2.24) is 0 Å². The summed E-state index contributed by atoms with van der Waals surface area (Å²) in [7, 11) is 0. The van der Waals surface area contributed by atoms with Crippen molar-refractivity contribution in [3.63, 3.8) is 0 Å². The molecule has 0 rings (SSSR count). The van der Waals surface area contributed by atoms with Gasteiger partial charge in [-0.25, -0.2) is 0 Å². The number of aliphatic hydroxyl groups excluding tert-OH is 1. The van der Waals surface area contributed by atoms with E-state index in [1.54, 1.807) is 0 Å².